The Balaban J connectivity index is 1.92. The Morgan fingerprint density at radius 1 is 0.962 bits per heavy atom. The molecule has 3 nitrogen and oxygen atoms in total. The van der Waals surface area contributed by atoms with Crippen LogP contribution in [0.3, 0.4) is 0 Å². The van der Waals surface area contributed by atoms with Crippen LogP contribution in [0.1, 0.15) is 27.0 Å². The molecule has 0 amide bonds. The molecule has 0 aliphatic carbocycles. The van der Waals surface area contributed by atoms with Gasteiger partial charge in [-0.1, -0.05) is 30.3 Å². The maximum absolute atomic E-state index is 13.0. The van der Waals surface area contributed by atoms with Gasteiger partial charge >= 0.3 is 0 Å². The van der Waals surface area contributed by atoms with Gasteiger partial charge < -0.3 is 9.36 Å². The summed E-state index contributed by atoms with van der Waals surface area (Å²) >= 11 is 0. The molecule has 1 aromatic heterocycles. The maximum atomic E-state index is 13.0. The number of rotatable bonds is 4. The first-order valence-corrected chi connectivity index (χ1v) is 8.65. The summed E-state index contributed by atoms with van der Waals surface area (Å²) in [5.74, 6) is 0.0334. The molecule has 26 heavy (non-hydrogen) atoms. The number of nitrogens with zero attached hydrogens (tertiary/aromatic N) is 1. The number of aryl methyl sites for hydroxylation is 2. The lowest BCUT2D eigenvalue weighted by Crippen LogP contribution is -2.03. The molecule has 0 aliphatic heterocycles. The molecular formula is C23H19NO2. The van der Waals surface area contributed by atoms with Crippen molar-refractivity contribution in [3.63, 3.8) is 0 Å². The molecule has 4 rings (SSSR count). The predicted molar refractivity (Wildman–Crippen MR) is 105 cm³/mol. The largest absolute Gasteiger partial charge is 0.344 e. The van der Waals surface area contributed by atoms with Crippen molar-refractivity contribution >= 4 is 33.9 Å². The first-order chi connectivity index (χ1) is 12.6. The molecule has 1 heterocycles. The molecule has 4 aromatic rings. The van der Waals surface area contributed by atoms with Gasteiger partial charge in [0.2, 0.25) is 0 Å². The van der Waals surface area contributed by atoms with Crippen LogP contribution in [0.2, 0.25) is 0 Å². The number of hydrogen-bond donors (Lipinski definition) is 0. The summed E-state index contributed by atoms with van der Waals surface area (Å²) in [5, 5.41) is 2.11. The Kier molecular flexibility index (Phi) is 3.92. The van der Waals surface area contributed by atoms with Crippen LogP contribution in [0.25, 0.3) is 21.8 Å². The molecule has 0 bridgehead atoms. The van der Waals surface area contributed by atoms with E-state index in [1.165, 1.54) is 0 Å². The first kappa shape index (κ1) is 16.3. The zero-order valence-electron chi connectivity index (χ0n) is 14.8. The monoisotopic (exact) mass is 341 g/mol. The fourth-order valence-electron chi connectivity index (χ4n) is 3.61. The standard InChI is InChI=1S/C23H19NO2/c1-15-5-3-4-6-18(15)23(26)17-8-10-22-20(14-17)19-13-16(11-12-25)7-9-21(19)24(22)2/h3-10,12-14H,11H2,1-2H3. The molecular weight excluding hydrogens is 322 g/mol. The average Bonchev–Trinajstić information content (AvgIpc) is 2.93. The van der Waals surface area contributed by atoms with Gasteiger partial charge in [0.1, 0.15) is 6.29 Å². The Labute approximate surface area is 151 Å². The average molecular weight is 341 g/mol. The third-order valence-corrected chi connectivity index (χ3v) is 5.04. The smallest absolute Gasteiger partial charge is 0.193 e. The van der Waals surface area contributed by atoms with E-state index in [4.69, 9.17) is 0 Å². The van der Waals surface area contributed by atoms with E-state index in [0.717, 1.165) is 44.8 Å². The molecule has 0 atom stereocenters. The summed E-state index contributed by atoms with van der Waals surface area (Å²) in [6.07, 6.45) is 1.31. The highest BCUT2D eigenvalue weighted by Gasteiger charge is 2.15. The second-order valence-corrected chi connectivity index (χ2v) is 6.66. The van der Waals surface area contributed by atoms with Gasteiger partial charge in [0.05, 0.1) is 0 Å². The quantitative estimate of drug-likeness (QED) is 0.401. The highest BCUT2D eigenvalue weighted by Crippen LogP contribution is 2.30. The van der Waals surface area contributed by atoms with Crippen LogP contribution in [0.4, 0.5) is 0 Å². The summed E-state index contributed by atoms with van der Waals surface area (Å²) < 4.78 is 2.12. The molecule has 0 fully saturated rings. The topological polar surface area (TPSA) is 39.1 Å². The van der Waals surface area contributed by atoms with Crippen LogP contribution >= 0.6 is 0 Å². The molecule has 0 spiro atoms. The Hall–Kier alpha value is -3.20. The van der Waals surface area contributed by atoms with Crippen LogP contribution in [0, 0.1) is 6.92 Å². The van der Waals surface area contributed by atoms with Crippen molar-refractivity contribution in [2.75, 3.05) is 0 Å². The van der Waals surface area contributed by atoms with Gasteiger partial charge in [0.15, 0.2) is 5.78 Å². The number of hydrogen-bond acceptors (Lipinski definition) is 2. The highest BCUT2D eigenvalue weighted by atomic mass is 16.1. The zero-order chi connectivity index (χ0) is 18.3. The van der Waals surface area contributed by atoms with Crippen molar-refractivity contribution in [2.45, 2.75) is 13.3 Å². The van der Waals surface area contributed by atoms with Gasteiger partial charge in [0.25, 0.3) is 0 Å². The van der Waals surface area contributed by atoms with Crippen molar-refractivity contribution < 1.29 is 9.59 Å². The predicted octanol–water partition coefficient (Wildman–Crippen LogP) is 4.61. The Bertz CT molecular complexity index is 1170. The lowest BCUT2D eigenvalue weighted by molar-refractivity contribution is -0.107. The Morgan fingerprint density at radius 3 is 2.38 bits per heavy atom. The van der Waals surface area contributed by atoms with E-state index in [1.54, 1.807) is 0 Å². The molecule has 0 unspecified atom stereocenters. The molecule has 3 heteroatoms. The number of carbonyl (C=O) groups is 2. The van der Waals surface area contributed by atoms with E-state index in [9.17, 15) is 9.59 Å². The number of benzene rings is 3. The lowest BCUT2D eigenvalue weighted by atomic mass is 9.97. The number of carbonyl (C=O) groups excluding carboxylic acids is 2. The van der Waals surface area contributed by atoms with Crippen molar-refractivity contribution in [3.05, 3.63) is 82.9 Å². The zero-order valence-corrected chi connectivity index (χ0v) is 14.8. The molecule has 0 radical (unpaired) electrons. The number of aromatic nitrogens is 1. The number of ketones is 1. The fourth-order valence-corrected chi connectivity index (χ4v) is 3.61. The second kappa shape index (κ2) is 6.26. The summed E-state index contributed by atoms with van der Waals surface area (Å²) in [5.41, 5.74) is 5.54. The van der Waals surface area contributed by atoms with Gasteiger partial charge in [-0.15, -0.1) is 0 Å². The van der Waals surface area contributed by atoms with E-state index in [0.29, 0.717) is 12.0 Å². The van der Waals surface area contributed by atoms with Crippen LogP contribution in [-0.4, -0.2) is 16.6 Å². The molecule has 3 aromatic carbocycles. The molecule has 0 N–H and O–H groups in total. The van der Waals surface area contributed by atoms with Crippen LogP contribution in [-0.2, 0) is 18.3 Å². The minimum atomic E-state index is 0.0334. The molecule has 128 valence electrons. The third kappa shape index (κ3) is 2.53. The molecule has 0 saturated carbocycles. The minimum absolute atomic E-state index is 0.0334. The van der Waals surface area contributed by atoms with Crippen molar-refractivity contribution in [3.8, 4) is 0 Å². The SMILES string of the molecule is Cc1ccccc1C(=O)c1ccc2c(c1)c1cc(CC=O)ccc1n2C. The van der Waals surface area contributed by atoms with E-state index in [1.807, 2.05) is 74.6 Å². The van der Waals surface area contributed by atoms with E-state index >= 15 is 0 Å². The summed E-state index contributed by atoms with van der Waals surface area (Å²) in [6, 6.07) is 19.6. The van der Waals surface area contributed by atoms with E-state index < -0.39 is 0 Å². The van der Waals surface area contributed by atoms with Gasteiger partial charge in [-0.25, -0.2) is 0 Å². The summed E-state index contributed by atoms with van der Waals surface area (Å²) in [7, 11) is 2.02. The van der Waals surface area contributed by atoms with Crippen molar-refractivity contribution in [1.82, 2.24) is 4.57 Å². The molecule has 0 saturated heterocycles. The second-order valence-electron chi connectivity index (χ2n) is 6.66. The normalized spacial score (nSPS) is 11.2. The van der Waals surface area contributed by atoms with Gasteiger partial charge in [-0.3, -0.25) is 4.79 Å². The first-order valence-electron chi connectivity index (χ1n) is 8.65. The summed E-state index contributed by atoms with van der Waals surface area (Å²) in [4.78, 5) is 23.8. The van der Waals surface area contributed by atoms with Crippen LogP contribution in [0.5, 0.6) is 0 Å². The highest BCUT2D eigenvalue weighted by molar-refractivity contribution is 6.15. The van der Waals surface area contributed by atoms with Gasteiger partial charge in [-0.2, -0.15) is 0 Å². The number of aldehydes is 1. The maximum Gasteiger partial charge on any atom is 0.193 e. The van der Waals surface area contributed by atoms with E-state index in [-0.39, 0.29) is 5.78 Å². The number of fused-ring (bicyclic) bond motifs is 3. The van der Waals surface area contributed by atoms with Gasteiger partial charge in [-0.05, 0) is 48.4 Å². The lowest BCUT2D eigenvalue weighted by Gasteiger charge is -2.05. The van der Waals surface area contributed by atoms with Crippen LogP contribution in [0.15, 0.2) is 60.7 Å². The third-order valence-electron chi connectivity index (χ3n) is 5.04. The van der Waals surface area contributed by atoms with Crippen LogP contribution < -0.4 is 0 Å². The minimum Gasteiger partial charge on any atom is -0.344 e. The molecule has 0 aliphatic rings. The fraction of sp³-hybridized carbons (Fsp3) is 0.130. The summed E-state index contributed by atoms with van der Waals surface area (Å²) in [6.45, 7) is 1.95. The van der Waals surface area contributed by atoms with E-state index in [2.05, 4.69) is 4.57 Å². The van der Waals surface area contributed by atoms with Crippen molar-refractivity contribution in [1.29, 1.82) is 0 Å². The van der Waals surface area contributed by atoms with Gasteiger partial charge in [0, 0.05) is 46.4 Å². The Morgan fingerprint density at radius 2 is 1.65 bits per heavy atom. The van der Waals surface area contributed by atoms with Crippen molar-refractivity contribution in [2.24, 2.45) is 7.05 Å².